The lowest BCUT2D eigenvalue weighted by Gasteiger charge is -2.38. The fraction of sp³-hybridized carbons (Fsp3) is 0.207. The molecule has 3 aromatic carbocycles. The van der Waals surface area contributed by atoms with Crippen molar-refractivity contribution in [2.45, 2.75) is 25.3 Å². The minimum absolute atomic E-state index is 0.0725. The normalized spacial score (nSPS) is 16.4. The number of methoxy groups -OCH3 is 1. The van der Waals surface area contributed by atoms with Gasteiger partial charge in [-0.05, 0) is 76.9 Å². The highest BCUT2D eigenvalue weighted by molar-refractivity contribution is 7.17. The second-order valence-corrected chi connectivity index (χ2v) is 10.3. The minimum atomic E-state index is -0.197. The van der Waals surface area contributed by atoms with Crippen LogP contribution in [0.2, 0.25) is 5.02 Å². The van der Waals surface area contributed by atoms with E-state index in [0.29, 0.717) is 11.6 Å². The highest BCUT2D eigenvalue weighted by atomic mass is 35.5. The molecule has 2 heterocycles. The molecule has 34 heavy (non-hydrogen) atoms. The summed E-state index contributed by atoms with van der Waals surface area (Å²) in [6, 6.07) is 24.5. The lowest BCUT2D eigenvalue weighted by atomic mass is 9.88. The van der Waals surface area contributed by atoms with Gasteiger partial charge in [0.2, 0.25) is 0 Å². The van der Waals surface area contributed by atoms with E-state index in [1.54, 1.807) is 18.4 Å². The number of ether oxygens (including phenoxy) is 1. The van der Waals surface area contributed by atoms with E-state index in [4.69, 9.17) is 16.3 Å². The van der Waals surface area contributed by atoms with Gasteiger partial charge in [-0.15, -0.1) is 11.3 Å². The van der Waals surface area contributed by atoms with Crippen LogP contribution in [0.3, 0.4) is 0 Å². The topological polar surface area (TPSA) is 29.5 Å². The molecule has 170 valence electrons. The SMILES string of the molecule is COc1ccc2c(c1)-c1sc(C(=O)N3CCc4ccccc4[C@H]3c3ccccc3Cl)cc1CC2. The largest absolute Gasteiger partial charge is 0.497 e. The molecule has 0 fully saturated rings. The molecule has 1 aliphatic carbocycles. The molecule has 0 bridgehead atoms. The van der Waals surface area contributed by atoms with E-state index in [0.717, 1.165) is 41.0 Å². The highest BCUT2D eigenvalue weighted by Crippen LogP contribution is 2.43. The van der Waals surface area contributed by atoms with Gasteiger partial charge in [-0.2, -0.15) is 0 Å². The van der Waals surface area contributed by atoms with Crippen LogP contribution < -0.4 is 4.74 Å². The summed E-state index contributed by atoms with van der Waals surface area (Å²) >= 11 is 8.26. The molecule has 0 radical (unpaired) electrons. The first-order chi connectivity index (χ1) is 16.6. The number of carbonyl (C=O) groups is 1. The van der Waals surface area contributed by atoms with Crippen molar-refractivity contribution in [3.05, 3.63) is 111 Å². The van der Waals surface area contributed by atoms with E-state index in [1.165, 1.54) is 27.1 Å². The minimum Gasteiger partial charge on any atom is -0.497 e. The van der Waals surface area contributed by atoms with Gasteiger partial charge in [0, 0.05) is 16.4 Å². The smallest absolute Gasteiger partial charge is 0.264 e. The van der Waals surface area contributed by atoms with E-state index in [1.807, 2.05) is 41.3 Å². The van der Waals surface area contributed by atoms with Gasteiger partial charge in [0.15, 0.2) is 0 Å². The van der Waals surface area contributed by atoms with E-state index in [9.17, 15) is 4.79 Å². The third-order valence-corrected chi connectivity index (χ3v) is 8.53. The summed E-state index contributed by atoms with van der Waals surface area (Å²) < 4.78 is 5.47. The van der Waals surface area contributed by atoms with Crippen LogP contribution in [0.25, 0.3) is 10.4 Å². The number of hydrogen-bond acceptors (Lipinski definition) is 3. The Balaban J connectivity index is 1.42. The number of hydrogen-bond donors (Lipinski definition) is 0. The first-order valence-corrected chi connectivity index (χ1v) is 12.8. The molecule has 5 heteroatoms. The number of nitrogens with zero attached hydrogens (tertiary/aromatic N) is 1. The molecule has 1 aromatic heterocycles. The Morgan fingerprint density at radius 1 is 0.912 bits per heavy atom. The predicted molar refractivity (Wildman–Crippen MR) is 138 cm³/mol. The van der Waals surface area contributed by atoms with Gasteiger partial charge in [0.25, 0.3) is 5.91 Å². The molecule has 0 saturated carbocycles. The average Bonchev–Trinajstić information content (AvgIpc) is 3.33. The molecule has 3 nitrogen and oxygen atoms in total. The van der Waals surface area contributed by atoms with Gasteiger partial charge in [-0.3, -0.25) is 4.79 Å². The van der Waals surface area contributed by atoms with Crippen molar-refractivity contribution in [2.75, 3.05) is 13.7 Å². The number of thiophene rings is 1. The molecule has 0 spiro atoms. The van der Waals surface area contributed by atoms with Crippen molar-refractivity contribution >= 4 is 28.8 Å². The average molecular weight is 486 g/mol. The molecular weight excluding hydrogens is 462 g/mol. The fourth-order valence-corrected chi connectivity index (χ4v) is 6.74. The van der Waals surface area contributed by atoms with Crippen LogP contribution in [0, 0.1) is 0 Å². The molecule has 2 aliphatic rings. The molecule has 0 saturated heterocycles. The Bertz CT molecular complexity index is 1410. The number of carbonyl (C=O) groups excluding carboxylic acids is 1. The van der Waals surface area contributed by atoms with Crippen molar-refractivity contribution in [3.8, 4) is 16.2 Å². The van der Waals surface area contributed by atoms with Gasteiger partial charge in [-0.1, -0.05) is 60.1 Å². The number of aryl methyl sites for hydroxylation is 2. The van der Waals surface area contributed by atoms with Gasteiger partial charge in [-0.25, -0.2) is 0 Å². The lowest BCUT2D eigenvalue weighted by molar-refractivity contribution is 0.0699. The second-order valence-electron chi connectivity index (χ2n) is 8.86. The molecule has 1 atom stereocenters. The van der Waals surface area contributed by atoms with Gasteiger partial charge >= 0.3 is 0 Å². The Kier molecular flexibility index (Phi) is 5.43. The van der Waals surface area contributed by atoms with Crippen molar-refractivity contribution in [1.29, 1.82) is 0 Å². The molecular formula is C29H24ClNO2S. The zero-order valence-corrected chi connectivity index (χ0v) is 20.5. The zero-order valence-electron chi connectivity index (χ0n) is 18.9. The first kappa shape index (κ1) is 21.5. The summed E-state index contributed by atoms with van der Waals surface area (Å²) in [4.78, 5) is 18.0. The monoisotopic (exact) mass is 485 g/mol. The summed E-state index contributed by atoms with van der Waals surface area (Å²) in [5.74, 6) is 0.919. The van der Waals surface area contributed by atoms with Crippen LogP contribution in [0.15, 0.2) is 72.8 Å². The maximum Gasteiger partial charge on any atom is 0.264 e. The van der Waals surface area contributed by atoms with Crippen LogP contribution in [0.1, 0.15) is 43.5 Å². The van der Waals surface area contributed by atoms with Crippen molar-refractivity contribution < 1.29 is 9.53 Å². The van der Waals surface area contributed by atoms with E-state index >= 15 is 0 Å². The Morgan fingerprint density at radius 3 is 2.50 bits per heavy atom. The standard InChI is InChI=1S/C29H24ClNO2S/c1-33-21-13-12-19-10-11-20-16-26(34-28(20)24(19)17-21)29(32)31-15-14-18-6-2-3-7-22(18)27(31)23-8-4-5-9-25(23)30/h2-9,12-13,16-17,27H,10-11,14-15H2,1H3/t27-/m0/s1. The summed E-state index contributed by atoms with van der Waals surface area (Å²) in [5, 5.41) is 0.688. The maximum atomic E-state index is 14.0. The maximum absolute atomic E-state index is 14.0. The van der Waals surface area contributed by atoms with Crippen molar-refractivity contribution in [1.82, 2.24) is 4.90 Å². The second kappa shape index (κ2) is 8.61. The number of benzene rings is 3. The van der Waals surface area contributed by atoms with Crippen LogP contribution in [0.5, 0.6) is 5.75 Å². The molecule has 1 amide bonds. The summed E-state index contributed by atoms with van der Waals surface area (Å²) in [6.45, 7) is 0.665. The molecule has 0 N–H and O–H groups in total. The third kappa shape index (κ3) is 3.53. The number of halogens is 1. The zero-order chi connectivity index (χ0) is 23.2. The summed E-state index contributed by atoms with van der Waals surface area (Å²) in [7, 11) is 1.69. The Hall–Kier alpha value is -3.08. The molecule has 4 aromatic rings. The summed E-state index contributed by atoms with van der Waals surface area (Å²) in [5.41, 5.74) is 7.17. The Labute approximate surface area is 208 Å². The van der Waals surface area contributed by atoms with Crippen molar-refractivity contribution in [2.24, 2.45) is 0 Å². The molecule has 6 rings (SSSR count). The first-order valence-electron chi connectivity index (χ1n) is 11.6. The number of fused-ring (bicyclic) bond motifs is 4. The van der Waals surface area contributed by atoms with E-state index in [2.05, 4.69) is 36.4 Å². The van der Waals surface area contributed by atoms with Gasteiger partial charge in [0.1, 0.15) is 5.75 Å². The highest BCUT2D eigenvalue weighted by Gasteiger charge is 2.35. The van der Waals surface area contributed by atoms with E-state index < -0.39 is 0 Å². The van der Waals surface area contributed by atoms with Crippen LogP contribution >= 0.6 is 22.9 Å². The van der Waals surface area contributed by atoms with Gasteiger partial charge in [0.05, 0.1) is 18.0 Å². The van der Waals surface area contributed by atoms with E-state index in [-0.39, 0.29) is 11.9 Å². The van der Waals surface area contributed by atoms with Crippen LogP contribution in [-0.2, 0) is 19.3 Å². The fourth-order valence-electron chi connectivity index (χ4n) is 5.29. The van der Waals surface area contributed by atoms with Gasteiger partial charge < -0.3 is 9.64 Å². The predicted octanol–water partition coefficient (Wildman–Crippen LogP) is 6.96. The quantitative estimate of drug-likeness (QED) is 0.314. The third-order valence-electron chi connectivity index (χ3n) is 6.99. The summed E-state index contributed by atoms with van der Waals surface area (Å²) in [6.07, 6.45) is 2.78. The lowest BCUT2D eigenvalue weighted by Crippen LogP contribution is -2.40. The molecule has 1 aliphatic heterocycles. The molecule has 0 unspecified atom stereocenters. The van der Waals surface area contributed by atoms with Crippen LogP contribution in [-0.4, -0.2) is 24.5 Å². The number of amides is 1. The Morgan fingerprint density at radius 2 is 1.68 bits per heavy atom. The van der Waals surface area contributed by atoms with Crippen molar-refractivity contribution in [3.63, 3.8) is 0 Å². The van der Waals surface area contributed by atoms with Crippen LogP contribution in [0.4, 0.5) is 0 Å². The number of rotatable bonds is 3.